The second kappa shape index (κ2) is 6.43. The predicted octanol–water partition coefficient (Wildman–Crippen LogP) is 1.95. The zero-order chi connectivity index (χ0) is 14.7. The summed E-state index contributed by atoms with van der Waals surface area (Å²) in [6.07, 6.45) is 2.53. The number of nitrogens with one attached hydrogen (secondary N) is 1. The molecule has 114 valence electrons. The van der Waals surface area contributed by atoms with Crippen LogP contribution in [0.3, 0.4) is 0 Å². The Morgan fingerprint density at radius 2 is 2.00 bits per heavy atom. The SMILES string of the molecule is O=C(NC1CCN(c2ccccc2F)CC1)[C@@H]1CCOC1. The van der Waals surface area contributed by atoms with Gasteiger partial charge in [-0.15, -0.1) is 0 Å². The molecule has 1 amide bonds. The van der Waals surface area contributed by atoms with Crippen molar-refractivity contribution in [2.45, 2.75) is 25.3 Å². The highest BCUT2D eigenvalue weighted by atomic mass is 19.1. The summed E-state index contributed by atoms with van der Waals surface area (Å²) in [6, 6.07) is 7.05. The minimum Gasteiger partial charge on any atom is -0.381 e. The number of para-hydroxylation sites is 1. The van der Waals surface area contributed by atoms with Gasteiger partial charge in [0.2, 0.25) is 5.91 Å². The summed E-state index contributed by atoms with van der Waals surface area (Å²) >= 11 is 0. The molecule has 0 unspecified atom stereocenters. The van der Waals surface area contributed by atoms with Gasteiger partial charge in [0.15, 0.2) is 0 Å². The van der Waals surface area contributed by atoms with Gasteiger partial charge >= 0.3 is 0 Å². The molecule has 2 heterocycles. The Morgan fingerprint density at radius 1 is 1.24 bits per heavy atom. The molecule has 1 aromatic carbocycles. The van der Waals surface area contributed by atoms with Gasteiger partial charge in [-0.05, 0) is 31.4 Å². The number of ether oxygens (including phenoxy) is 1. The van der Waals surface area contributed by atoms with Crippen molar-refractivity contribution < 1.29 is 13.9 Å². The first-order valence-corrected chi connectivity index (χ1v) is 7.61. The van der Waals surface area contributed by atoms with Gasteiger partial charge in [0.05, 0.1) is 18.2 Å². The minimum atomic E-state index is -0.178. The fourth-order valence-corrected chi connectivity index (χ4v) is 3.03. The molecule has 1 atom stereocenters. The van der Waals surface area contributed by atoms with Crippen LogP contribution in [0.15, 0.2) is 24.3 Å². The van der Waals surface area contributed by atoms with E-state index in [0.29, 0.717) is 18.9 Å². The Morgan fingerprint density at radius 3 is 2.67 bits per heavy atom. The van der Waals surface area contributed by atoms with Gasteiger partial charge in [-0.2, -0.15) is 0 Å². The van der Waals surface area contributed by atoms with E-state index >= 15 is 0 Å². The summed E-state index contributed by atoms with van der Waals surface area (Å²) in [6.45, 7) is 2.77. The zero-order valence-electron chi connectivity index (χ0n) is 12.1. The molecule has 2 saturated heterocycles. The van der Waals surface area contributed by atoms with Crippen LogP contribution in [0, 0.1) is 11.7 Å². The number of piperidine rings is 1. The quantitative estimate of drug-likeness (QED) is 0.926. The molecule has 0 aromatic heterocycles. The van der Waals surface area contributed by atoms with Gasteiger partial charge in [-0.1, -0.05) is 12.1 Å². The Balaban J connectivity index is 1.51. The van der Waals surface area contributed by atoms with Crippen molar-refractivity contribution in [3.8, 4) is 0 Å². The number of hydrogen-bond donors (Lipinski definition) is 1. The molecule has 21 heavy (non-hydrogen) atoms. The lowest BCUT2D eigenvalue weighted by molar-refractivity contribution is -0.125. The maximum atomic E-state index is 13.8. The van der Waals surface area contributed by atoms with E-state index in [0.717, 1.165) is 32.4 Å². The molecular weight excluding hydrogens is 271 g/mol. The number of carbonyl (C=O) groups is 1. The van der Waals surface area contributed by atoms with Gasteiger partial charge in [0.25, 0.3) is 0 Å². The summed E-state index contributed by atoms with van der Waals surface area (Å²) in [4.78, 5) is 14.1. The smallest absolute Gasteiger partial charge is 0.225 e. The largest absolute Gasteiger partial charge is 0.381 e. The summed E-state index contributed by atoms with van der Waals surface area (Å²) in [5, 5.41) is 3.11. The number of carbonyl (C=O) groups excluding carboxylic acids is 1. The van der Waals surface area contributed by atoms with E-state index in [4.69, 9.17) is 4.74 Å². The first-order chi connectivity index (χ1) is 10.2. The number of nitrogens with zero attached hydrogens (tertiary/aromatic N) is 1. The van der Waals surface area contributed by atoms with Crippen molar-refractivity contribution in [1.82, 2.24) is 5.32 Å². The minimum absolute atomic E-state index is 0.00889. The van der Waals surface area contributed by atoms with Crippen LogP contribution in [-0.4, -0.2) is 38.3 Å². The highest BCUT2D eigenvalue weighted by Crippen LogP contribution is 2.23. The van der Waals surface area contributed by atoms with E-state index in [1.807, 2.05) is 12.1 Å². The van der Waals surface area contributed by atoms with Crippen LogP contribution in [-0.2, 0) is 9.53 Å². The lowest BCUT2D eigenvalue weighted by Gasteiger charge is -2.34. The maximum absolute atomic E-state index is 13.8. The average molecular weight is 292 g/mol. The van der Waals surface area contributed by atoms with Crippen molar-refractivity contribution in [3.05, 3.63) is 30.1 Å². The van der Waals surface area contributed by atoms with E-state index in [1.165, 1.54) is 6.07 Å². The van der Waals surface area contributed by atoms with Crippen LogP contribution < -0.4 is 10.2 Å². The van der Waals surface area contributed by atoms with E-state index in [1.54, 1.807) is 6.07 Å². The van der Waals surface area contributed by atoms with Crippen LogP contribution in [0.4, 0.5) is 10.1 Å². The van der Waals surface area contributed by atoms with Gasteiger partial charge < -0.3 is 15.0 Å². The lowest BCUT2D eigenvalue weighted by Crippen LogP contribution is -2.46. The van der Waals surface area contributed by atoms with Gasteiger partial charge in [0.1, 0.15) is 5.82 Å². The van der Waals surface area contributed by atoms with Crippen LogP contribution in [0.5, 0.6) is 0 Å². The fourth-order valence-electron chi connectivity index (χ4n) is 3.03. The molecule has 0 radical (unpaired) electrons. The summed E-state index contributed by atoms with van der Waals surface area (Å²) < 4.78 is 19.0. The second-order valence-electron chi connectivity index (χ2n) is 5.78. The fraction of sp³-hybridized carbons (Fsp3) is 0.562. The van der Waals surface area contributed by atoms with Crippen molar-refractivity contribution in [1.29, 1.82) is 0 Å². The number of hydrogen-bond acceptors (Lipinski definition) is 3. The van der Waals surface area contributed by atoms with Gasteiger partial charge in [0, 0.05) is 25.7 Å². The zero-order valence-corrected chi connectivity index (χ0v) is 12.1. The molecule has 5 heteroatoms. The molecule has 0 bridgehead atoms. The van der Waals surface area contributed by atoms with Crippen LogP contribution >= 0.6 is 0 Å². The maximum Gasteiger partial charge on any atom is 0.225 e. The molecule has 3 rings (SSSR count). The molecule has 1 N–H and O–H groups in total. The third-order valence-corrected chi connectivity index (χ3v) is 4.33. The Hall–Kier alpha value is -1.62. The van der Waals surface area contributed by atoms with Crippen LogP contribution in [0.2, 0.25) is 0 Å². The molecule has 2 fully saturated rings. The molecule has 1 aromatic rings. The second-order valence-corrected chi connectivity index (χ2v) is 5.78. The third-order valence-electron chi connectivity index (χ3n) is 4.33. The van der Waals surface area contributed by atoms with Gasteiger partial charge in [-0.25, -0.2) is 4.39 Å². The number of benzene rings is 1. The average Bonchev–Trinajstić information content (AvgIpc) is 3.03. The number of rotatable bonds is 3. The molecule has 4 nitrogen and oxygen atoms in total. The van der Waals surface area contributed by atoms with E-state index in [-0.39, 0.29) is 23.7 Å². The van der Waals surface area contributed by atoms with Gasteiger partial charge in [-0.3, -0.25) is 4.79 Å². The molecule has 2 aliphatic heterocycles. The Bertz CT molecular complexity index is 495. The summed E-state index contributed by atoms with van der Waals surface area (Å²) in [5.74, 6) is -0.0606. The topological polar surface area (TPSA) is 41.6 Å². The van der Waals surface area contributed by atoms with Crippen LogP contribution in [0.1, 0.15) is 19.3 Å². The molecule has 0 aliphatic carbocycles. The Labute approximate surface area is 124 Å². The number of anilines is 1. The lowest BCUT2D eigenvalue weighted by atomic mass is 10.0. The number of halogens is 1. The monoisotopic (exact) mass is 292 g/mol. The van der Waals surface area contributed by atoms with Crippen molar-refractivity contribution in [2.75, 3.05) is 31.2 Å². The first-order valence-electron chi connectivity index (χ1n) is 7.61. The van der Waals surface area contributed by atoms with E-state index < -0.39 is 0 Å². The Kier molecular flexibility index (Phi) is 4.39. The van der Waals surface area contributed by atoms with Crippen LogP contribution in [0.25, 0.3) is 0 Å². The third kappa shape index (κ3) is 3.35. The highest BCUT2D eigenvalue weighted by molar-refractivity contribution is 5.79. The molecular formula is C16H21FN2O2. The molecule has 2 aliphatic rings. The molecule has 0 spiro atoms. The predicted molar refractivity (Wildman–Crippen MR) is 78.7 cm³/mol. The van der Waals surface area contributed by atoms with E-state index in [9.17, 15) is 9.18 Å². The molecule has 0 saturated carbocycles. The van der Waals surface area contributed by atoms with Crippen molar-refractivity contribution in [2.24, 2.45) is 5.92 Å². The number of amides is 1. The van der Waals surface area contributed by atoms with Crippen molar-refractivity contribution in [3.63, 3.8) is 0 Å². The standard InChI is InChI=1S/C16H21FN2O2/c17-14-3-1-2-4-15(14)19-8-5-13(6-9-19)18-16(20)12-7-10-21-11-12/h1-4,12-13H,5-11H2,(H,18,20)/t12-/m1/s1. The summed E-state index contributed by atoms with van der Waals surface area (Å²) in [7, 11) is 0. The summed E-state index contributed by atoms with van der Waals surface area (Å²) in [5.41, 5.74) is 0.659. The normalized spacial score (nSPS) is 23.3. The van der Waals surface area contributed by atoms with Crippen molar-refractivity contribution >= 4 is 11.6 Å². The van der Waals surface area contributed by atoms with E-state index in [2.05, 4.69) is 10.2 Å². The highest BCUT2D eigenvalue weighted by Gasteiger charge is 2.27. The first kappa shape index (κ1) is 14.3.